The molecule has 0 atom stereocenters. The van der Waals surface area contributed by atoms with Crippen LogP contribution in [0.5, 0.6) is 0 Å². The van der Waals surface area contributed by atoms with Gasteiger partial charge >= 0.3 is 0 Å². The maximum atomic E-state index is 11.3. The third-order valence-electron chi connectivity index (χ3n) is 3.60. The zero-order valence-corrected chi connectivity index (χ0v) is 16.4. The number of guanidine groups is 1. The van der Waals surface area contributed by atoms with E-state index in [-0.39, 0.29) is 11.2 Å². The summed E-state index contributed by atoms with van der Waals surface area (Å²) in [5.41, 5.74) is -0.112. The van der Waals surface area contributed by atoms with Crippen molar-refractivity contribution in [2.75, 3.05) is 25.6 Å². The molecule has 5 nitrogen and oxygen atoms in total. The average molecular weight is 360 g/mol. The van der Waals surface area contributed by atoms with Gasteiger partial charge in [0.1, 0.15) is 9.84 Å². The number of aryl methyl sites for hydroxylation is 1. The lowest BCUT2D eigenvalue weighted by molar-refractivity contribution is 0.348. The van der Waals surface area contributed by atoms with Crippen LogP contribution in [-0.2, 0) is 22.8 Å². The van der Waals surface area contributed by atoms with Crippen LogP contribution in [-0.4, -0.2) is 40.0 Å². The van der Waals surface area contributed by atoms with Gasteiger partial charge in [0.2, 0.25) is 0 Å². The summed E-state index contributed by atoms with van der Waals surface area (Å²) in [6.45, 7) is 7.69. The number of nitrogens with zero attached hydrogens (tertiary/aromatic N) is 1. The smallest absolute Gasteiger partial charge is 0.191 e. The summed E-state index contributed by atoms with van der Waals surface area (Å²) >= 11 is 1.81. The summed E-state index contributed by atoms with van der Waals surface area (Å²) in [5, 5.41) is 6.58. The van der Waals surface area contributed by atoms with Crippen molar-refractivity contribution in [2.24, 2.45) is 10.4 Å². The van der Waals surface area contributed by atoms with Gasteiger partial charge in [-0.25, -0.2) is 8.42 Å². The van der Waals surface area contributed by atoms with E-state index >= 15 is 0 Å². The van der Waals surface area contributed by atoms with Gasteiger partial charge in [-0.2, -0.15) is 0 Å². The second-order valence-electron chi connectivity index (χ2n) is 6.54. The molecule has 1 rings (SSSR count). The van der Waals surface area contributed by atoms with Crippen molar-refractivity contribution in [3.05, 3.63) is 21.9 Å². The summed E-state index contributed by atoms with van der Waals surface area (Å²) < 4.78 is 22.6. The van der Waals surface area contributed by atoms with Gasteiger partial charge in [-0.3, -0.25) is 4.99 Å². The number of hydrogen-bond donors (Lipinski definition) is 2. The van der Waals surface area contributed by atoms with E-state index in [1.165, 1.54) is 16.0 Å². The lowest BCUT2D eigenvalue weighted by atomic mass is 9.90. The van der Waals surface area contributed by atoms with E-state index in [9.17, 15) is 8.42 Å². The maximum absolute atomic E-state index is 11.3. The topological polar surface area (TPSA) is 70.6 Å². The average Bonchev–Trinajstić information content (AvgIpc) is 2.93. The Hall–Kier alpha value is -1.08. The van der Waals surface area contributed by atoms with Crippen LogP contribution in [0.4, 0.5) is 0 Å². The second-order valence-corrected chi connectivity index (χ2v) is 10.1. The Labute approximate surface area is 144 Å². The van der Waals surface area contributed by atoms with Gasteiger partial charge in [0.05, 0.1) is 12.3 Å². The molecule has 0 spiro atoms. The van der Waals surface area contributed by atoms with E-state index in [1.807, 2.05) is 11.3 Å². The monoisotopic (exact) mass is 359 g/mol. The third-order valence-corrected chi connectivity index (χ3v) is 5.78. The lowest BCUT2D eigenvalue weighted by Gasteiger charge is -2.25. The molecular weight excluding hydrogens is 330 g/mol. The van der Waals surface area contributed by atoms with Gasteiger partial charge in [0.15, 0.2) is 5.96 Å². The first-order chi connectivity index (χ1) is 10.6. The number of hydrogen-bond acceptors (Lipinski definition) is 4. The predicted molar refractivity (Wildman–Crippen MR) is 100 cm³/mol. The minimum Gasteiger partial charge on any atom is -0.356 e. The molecule has 0 aliphatic carbocycles. The molecule has 0 bridgehead atoms. The SMILES string of the molecule is CCc1ccc(CNC(=NC)NCC(C)(C)CCS(C)(=O)=O)s1. The zero-order chi connectivity index (χ0) is 17.5. The Morgan fingerprint density at radius 3 is 2.43 bits per heavy atom. The Kier molecular flexibility index (Phi) is 7.54. The number of thiophene rings is 1. The van der Waals surface area contributed by atoms with Crippen LogP contribution in [0, 0.1) is 5.41 Å². The molecule has 1 heterocycles. The first-order valence-electron chi connectivity index (χ1n) is 7.85. The van der Waals surface area contributed by atoms with Crippen LogP contribution in [0.3, 0.4) is 0 Å². The van der Waals surface area contributed by atoms with Gasteiger partial charge in [0, 0.05) is 29.6 Å². The van der Waals surface area contributed by atoms with Crippen molar-refractivity contribution in [3.8, 4) is 0 Å². The van der Waals surface area contributed by atoms with Gasteiger partial charge in [-0.15, -0.1) is 11.3 Å². The number of rotatable bonds is 8. The standard InChI is InChI=1S/C16H29N3O2S2/c1-6-13-7-8-14(22-13)11-18-15(17-4)19-12-16(2,3)9-10-23(5,20)21/h7-8H,6,9-12H2,1-5H3,(H2,17,18,19). The Balaban J connectivity index is 2.44. The van der Waals surface area contributed by atoms with E-state index in [2.05, 4.69) is 48.5 Å². The first-order valence-corrected chi connectivity index (χ1v) is 10.7. The fraction of sp³-hybridized carbons (Fsp3) is 0.688. The fourth-order valence-electron chi connectivity index (χ4n) is 1.97. The molecule has 1 aromatic heterocycles. The van der Waals surface area contributed by atoms with Crippen molar-refractivity contribution >= 4 is 27.1 Å². The van der Waals surface area contributed by atoms with Gasteiger partial charge in [-0.1, -0.05) is 20.8 Å². The quantitative estimate of drug-likeness (QED) is 0.552. The van der Waals surface area contributed by atoms with Gasteiger partial charge in [-0.05, 0) is 30.4 Å². The molecule has 132 valence electrons. The summed E-state index contributed by atoms with van der Waals surface area (Å²) in [7, 11) is -1.18. The molecule has 0 aromatic carbocycles. The Bertz CT molecular complexity index is 619. The van der Waals surface area contributed by atoms with E-state index < -0.39 is 9.84 Å². The minimum absolute atomic E-state index is 0.112. The lowest BCUT2D eigenvalue weighted by Crippen LogP contribution is -2.42. The van der Waals surface area contributed by atoms with Crippen LogP contribution in [0.15, 0.2) is 17.1 Å². The Morgan fingerprint density at radius 2 is 1.91 bits per heavy atom. The number of aliphatic imine (C=N–C) groups is 1. The first kappa shape index (κ1) is 20.0. The van der Waals surface area contributed by atoms with Crippen LogP contribution in [0.2, 0.25) is 0 Å². The summed E-state index contributed by atoms with van der Waals surface area (Å²) in [5.74, 6) is 0.951. The molecule has 0 unspecified atom stereocenters. The molecule has 0 amide bonds. The number of sulfone groups is 1. The molecule has 0 aliphatic rings. The van der Waals surface area contributed by atoms with E-state index in [0.29, 0.717) is 13.0 Å². The second kappa shape index (κ2) is 8.68. The van der Waals surface area contributed by atoms with Crippen molar-refractivity contribution in [1.29, 1.82) is 0 Å². The molecule has 2 N–H and O–H groups in total. The van der Waals surface area contributed by atoms with E-state index in [0.717, 1.165) is 18.9 Å². The highest BCUT2D eigenvalue weighted by atomic mass is 32.2. The van der Waals surface area contributed by atoms with Crippen molar-refractivity contribution in [3.63, 3.8) is 0 Å². The normalized spacial score (nSPS) is 13.2. The Morgan fingerprint density at radius 1 is 1.26 bits per heavy atom. The molecule has 0 saturated heterocycles. The van der Waals surface area contributed by atoms with Crippen molar-refractivity contribution < 1.29 is 8.42 Å². The molecule has 0 aliphatic heterocycles. The highest BCUT2D eigenvalue weighted by Crippen LogP contribution is 2.20. The molecule has 7 heteroatoms. The third kappa shape index (κ3) is 8.37. The van der Waals surface area contributed by atoms with Crippen LogP contribution in [0.1, 0.15) is 36.9 Å². The van der Waals surface area contributed by atoms with Crippen molar-refractivity contribution in [1.82, 2.24) is 10.6 Å². The number of nitrogens with one attached hydrogen (secondary N) is 2. The molecule has 0 fully saturated rings. The van der Waals surface area contributed by atoms with Crippen molar-refractivity contribution in [2.45, 2.75) is 40.2 Å². The van der Waals surface area contributed by atoms with Crippen LogP contribution in [0.25, 0.3) is 0 Å². The van der Waals surface area contributed by atoms with E-state index in [1.54, 1.807) is 7.05 Å². The van der Waals surface area contributed by atoms with Gasteiger partial charge in [0.25, 0.3) is 0 Å². The highest BCUT2D eigenvalue weighted by molar-refractivity contribution is 7.90. The summed E-state index contributed by atoms with van der Waals surface area (Å²) in [6.07, 6.45) is 2.97. The zero-order valence-electron chi connectivity index (χ0n) is 14.8. The predicted octanol–water partition coefficient (Wildman–Crippen LogP) is 2.44. The van der Waals surface area contributed by atoms with Gasteiger partial charge < -0.3 is 10.6 Å². The maximum Gasteiger partial charge on any atom is 0.191 e. The fourth-order valence-corrected chi connectivity index (χ4v) is 3.79. The largest absolute Gasteiger partial charge is 0.356 e. The molecule has 0 radical (unpaired) electrons. The summed E-state index contributed by atoms with van der Waals surface area (Å²) in [4.78, 5) is 6.88. The minimum atomic E-state index is -2.92. The van der Waals surface area contributed by atoms with Crippen LogP contribution < -0.4 is 10.6 Å². The molecular formula is C16H29N3O2S2. The van der Waals surface area contributed by atoms with E-state index in [4.69, 9.17) is 0 Å². The highest BCUT2D eigenvalue weighted by Gasteiger charge is 2.20. The molecule has 0 saturated carbocycles. The molecule has 1 aromatic rings. The molecule has 23 heavy (non-hydrogen) atoms. The van der Waals surface area contributed by atoms with Crippen LogP contribution >= 0.6 is 11.3 Å². The summed E-state index contributed by atoms with van der Waals surface area (Å²) in [6, 6.07) is 4.30.